The highest BCUT2D eigenvalue weighted by Gasteiger charge is 2.42. The summed E-state index contributed by atoms with van der Waals surface area (Å²) >= 11 is 0. The Morgan fingerprint density at radius 1 is 1.03 bits per heavy atom. The van der Waals surface area contributed by atoms with Crippen LogP contribution in [0.3, 0.4) is 0 Å². The topological polar surface area (TPSA) is 105 Å². The van der Waals surface area contributed by atoms with Crippen molar-refractivity contribution in [2.24, 2.45) is 5.92 Å². The van der Waals surface area contributed by atoms with E-state index in [9.17, 15) is 22.8 Å². The standard InChI is InChI=1S/C29H35F3N2O4/c1-2-3-4-21(22-15-24(33)17-25(34)16-22)18-37-27(35)14-7-19-5-8-20(9-6-19)28(36)38-26-12-10-23(11-13-26)29(30,31)32/h5-9,14-17,21,23,26H,2-4,10-13,18,33-34H2,1H3/b14-7+. The number of esters is 2. The lowest BCUT2D eigenvalue weighted by Gasteiger charge is -2.29. The van der Waals surface area contributed by atoms with Gasteiger partial charge in [-0.05, 0) is 79.6 Å². The molecule has 1 fully saturated rings. The number of anilines is 2. The fraction of sp³-hybridized carbons (Fsp3) is 0.448. The Bertz CT molecular complexity index is 1090. The largest absolute Gasteiger partial charge is 0.462 e. The number of carbonyl (C=O) groups excluding carboxylic acids is 2. The van der Waals surface area contributed by atoms with Crippen molar-refractivity contribution in [3.63, 3.8) is 0 Å². The van der Waals surface area contributed by atoms with Gasteiger partial charge in [-0.3, -0.25) is 0 Å². The molecule has 0 aromatic heterocycles. The molecule has 1 atom stereocenters. The fourth-order valence-corrected chi connectivity index (χ4v) is 4.59. The summed E-state index contributed by atoms with van der Waals surface area (Å²) in [4.78, 5) is 24.7. The molecule has 0 radical (unpaired) electrons. The number of hydrogen-bond donors (Lipinski definition) is 2. The molecule has 0 spiro atoms. The zero-order valence-corrected chi connectivity index (χ0v) is 21.5. The first-order chi connectivity index (χ1) is 18.0. The summed E-state index contributed by atoms with van der Waals surface area (Å²) in [6.07, 6.45) is 1.31. The van der Waals surface area contributed by atoms with Gasteiger partial charge in [0.25, 0.3) is 0 Å². The van der Waals surface area contributed by atoms with Crippen LogP contribution in [0.4, 0.5) is 24.5 Å². The lowest BCUT2D eigenvalue weighted by Crippen LogP contribution is -2.31. The molecule has 0 bridgehead atoms. The highest BCUT2D eigenvalue weighted by Crippen LogP contribution is 2.38. The van der Waals surface area contributed by atoms with Gasteiger partial charge in [-0.15, -0.1) is 0 Å². The molecule has 2 aromatic rings. The van der Waals surface area contributed by atoms with Gasteiger partial charge in [-0.2, -0.15) is 13.2 Å². The van der Waals surface area contributed by atoms with Gasteiger partial charge < -0.3 is 20.9 Å². The maximum Gasteiger partial charge on any atom is 0.391 e. The summed E-state index contributed by atoms with van der Waals surface area (Å²) in [6, 6.07) is 11.8. The number of carbonyl (C=O) groups is 2. The number of alkyl halides is 3. The van der Waals surface area contributed by atoms with E-state index in [2.05, 4.69) is 6.92 Å². The Morgan fingerprint density at radius 2 is 1.66 bits per heavy atom. The van der Waals surface area contributed by atoms with E-state index < -0.39 is 30.1 Å². The summed E-state index contributed by atoms with van der Waals surface area (Å²) in [5.74, 6) is -2.42. The predicted octanol–water partition coefficient (Wildman–Crippen LogP) is 6.66. The molecule has 0 amide bonds. The monoisotopic (exact) mass is 532 g/mol. The molecule has 0 saturated heterocycles. The Kier molecular flexibility index (Phi) is 10.2. The summed E-state index contributed by atoms with van der Waals surface area (Å²) < 4.78 is 49.3. The maximum atomic E-state index is 12.8. The van der Waals surface area contributed by atoms with Gasteiger partial charge in [0.15, 0.2) is 0 Å². The Balaban J connectivity index is 1.50. The van der Waals surface area contributed by atoms with Crippen molar-refractivity contribution in [2.45, 2.75) is 70.1 Å². The Labute approximate surface area is 221 Å². The summed E-state index contributed by atoms with van der Waals surface area (Å²) in [5.41, 5.74) is 14.9. The van der Waals surface area contributed by atoms with E-state index >= 15 is 0 Å². The van der Waals surface area contributed by atoms with E-state index in [4.69, 9.17) is 20.9 Å². The van der Waals surface area contributed by atoms with Crippen molar-refractivity contribution in [1.29, 1.82) is 0 Å². The van der Waals surface area contributed by atoms with Gasteiger partial charge in [-0.1, -0.05) is 31.9 Å². The normalized spacial score (nSPS) is 18.7. The van der Waals surface area contributed by atoms with Crippen LogP contribution in [0.1, 0.15) is 79.3 Å². The lowest BCUT2D eigenvalue weighted by molar-refractivity contribution is -0.185. The molecule has 206 valence electrons. The number of benzene rings is 2. The molecule has 1 aliphatic rings. The molecule has 0 heterocycles. The molecule has 1 aliphatic carbocycles. The Morgan fingerprint density at radius 3 is 2.24 bits per heavy atom. The average molecular weight is 533 g/mol. The van der Waals surface area contributed by atoms with Crippen molar-refractivity contribution < 1.29 is 32.2 Å². The van der Waals surface area contributed by atoms with Gasteiger partial charge in [0.1, 0.15) is 6.10 Å². The molecule has 6 nitrogen and oxygen atoms in total. The van der Waals surface area contributed by atoms with Crippen LogP contribution in [0.5, 0.6) is 0 Å². The number of ether oxygens (including phenoxy) is 2. The second-order valence-electron chi connectivity index (χ2n) is 9.78. The molecule has 0 aliphatic heterocycles. The van der Waals surface area contributed by atoms with Gasteiger partial charge >= 0.3 is 18.1 Å². The summed E-state index contributed by atoms with van der Waals surface area (Å²) in [6.45, 7) is 2.29. The number of unbranched alkanes of at least 4 members (excludes halogenated alkanes) is 1. The molecule has 4 N–H and O–H groups in total. The molecule has 1 unspecified atom stereocenters. The SMILES string of the molecule is CCCCC(COC(=O)/C=C/c1ccc(C(=O)OC2CCC(C(F)(F)F)CC2)cc1)c1cc(N)cc(N)c1. The summed E-state index contributed by atoms with van der Waals surface area (Å²) in [5, 5.41) is 0. The van der Waals surface area contributed by atoms with E-state index in [1.807, 2.05) is 12.1 Å². The first-order valence-electron chi connectivity index (χ1n) is 12.9. The molecule has 2 aromatic carbocycles. The predicted molar refractivity (Wildman–Crippen MR) is 141 cm³/mol. The van der Waals surface area contributed by atoms with E-state index in [-0.39, 0.29) is 38.2 Å². The van der Waals surface area contributed by atoms with E-state index in [0.29, 0.717) is 22.5 Å². The second-order valence-corrected chi connectivity index (χ2v) is 9.78. The molecular formula is C29H35F3N2O4. The summed E-state index contributed by atoms with van der Waals surface area (Å²) in [7, 11) is 0. The van der Waals surface area contributed by atoms with Crippen molar-refractivity contribution in [1.82, 2.24) is 0 Å². The molecule has 3 rings (SSSR count). The Hall–Kier alpha value is -3.49. The van der Waals surface area contributed by atoms with Crippen molar-refractivity contribution in [2.75, 3.05) is 18.1 Å². The van der Waals surface area contributed by atoms with Crippen molar-refractivity contribution >= 4 is 29.4 Å². The van der Waals surface area contributed by atoms with Gasteiger partial charge in [0.2, 0.25) is 0 Å². The molecule has 1 saturated carbocycles. The van der Waals surface area contributed by atoms with Gasteiger partial charge in [-0.25, -0.2) is 9.59 Å². The van der Waals surface area contributed by atoms with Gasteiger partial charge in [0, 0.05) is 23.4 Å². The minimum atomic E-state index is -4.20. The van der Waals surface area contributed by atoms with Crippen LogP contribution in [-0.2, 0) is 14.3 Å². The fourth-order valence-electron chi connectivity index (χ4n) is 4.59. The number of nitrogens with two attached hydrogens (primary N) is 2. The molecule has 9 heteroatoms. The molecule has 38 heavy (non-hydrogen) atoms. The van der Waals surface area contributed by atoms with Crippen LogP contribution < -0.4 is 11.5 Å². The van der Waals surface area contributed by atoms with Gasteiger partial charge in [0.05, 0.1) is 18.1 Å². The second kappa shape index (κ2) is 13.3. The zero-order valence-electron chi connectivity index (χ0n) is 21.5. The quantitative estimate of drug-likeness (QED) is 0.201. The number of rotatable bonds is 10. The van der Waals surface area contributed by atoms with Crippen LogP contribution in [0, 0.1) is 5.92 Å². The van der Waals surface area contributed by atoms with Crippen LogP contribution >= 0.6 is 0 Å². The minimum Gasteiger partial charge on any atom is -0.462 e. The van der Waals surface area contributed by atoms with E-state index in [1.54, 1.807) is 36.4 Å². The van der Waals surface area contributed by atoms with E-state index in [0.717, 1.165) is 24.8 Å². The van der Waals surface area contributed by atoms with Crippen LogP contribution in [0.2, 0.25) is 0 Å². The maximum absolute atomic E-state index is 12.8. The van der Waals surface area contributed by atoms with Crippen molar-refractivity contribution in [3.8, 4) is 0 Å². The third-order valence-electron chi connectivity index (χ3n) is 6.77. The van der Waals surface area contributed by atoms with Crippen LogP contribution in [-0.4, -0.2) is 30.8 Å². The highest BCUT2D eigenvalue weighted by atomic mass is 19.4. The van der Waals surface area contributed by atoms with Crippen LogP contribution in [0.25, 0.3) is 6.08 Å². The van der Waals surface area contributed by atoms with E-state index in [1.165, 1.54) is 6.08 Å². The molecular weight excluding hydrogens is 497 g/mol. The van der Waals surface area contributed by atoms with Crippen LogP contribution in [0.15, 0.2) is 48.5 Å². The first kappa shape index (κ1) is 29.1. The lowest BCUT2D eigenvalue weighted by atomic mass is 9.87. The zero-order chi connectivity index (χ0) is 27.7. The van der Waals surface area contributed by atoms with Crippen molar-refractivity contribution in [3.05, 3.63) is 65.2 Å². The third kappa shape index (κ3) is 8.82. The number of hydrogen-bond acceptors (Lipinski definition) is 6. The highest BCUT2D eigenvalue weighted by molar-refractivity contribution is 5.90. The number of nitrogen functional groups attached to an aromatic ring is 2. The number of halogens is 3. The smallest absolute Gasteiger partial charge is 0.391 e. The minimum absolute atomic E-state index is 0.0214. The first-order valence-corrected chi connectivity index (χ1v) is 12.9. The average Bonchev–Trinajstić information content (AvgIpc) is 2.87. The third-order valence-corrected chi connectivity index (χ3v) is 6.77.